The smallest absolute Gasteiger partial charge is 0.497 e. The number of alkyl halides is 3. The van der Waals surface area contributed by atoms with E-state index in [1.54, 1.807) is 0 Å². The summed E-state index contributed by atoms with van der Waals surface area (Å²) in [7, 11) is -4.53. The SMILES string of the molecule is COc1ccc2c(F)c(OS(=O)(=O)C(F)(F)F)ccc2c1. The van der Waals surface area contributed by atoms with E-state index in [-0.39, 0.29) is 5.39 Å². The first-order valence-electron chi connectivity index (χ1n) is 5.43. The molecule has 0 unspecified atom stereocenters. The minimum atomic E-state index is -5.92. The van der Waals surface area contributed by atoms with Crippen LogP contribution in [-0.2, 0) is 10.1 Å². The Morgan fingerprint density at radius 1 is 1.10 bits per heavy atom. The van der Waals surface area contributed by atoms with Gasteiger partial charge >= 0.3 is 15.6 Å². The highest BCUT2D eigenvalue weighted by Crippen LogP contribution is 2.32. The highest BCUT2D eigenvalue weighted by Gasteiger charge is 2.48. The Labute approximate surface area is 117 Å². The Morgan fingerprint density at radius 3 is 2.33 bits per heavy atom. The van der Waals surface area contributed by atoms with Crippen LogP contribution in [0.5, 0.6) is 11.5 Å². The Morgan fingerprint density at radius 2 is 1.76 bits per heavy atom. The summed E-state index contributed by atoms with van der Waals surface area (Å²) in [5.41, 5.74) is -5.63. The molecule has 9 heteroatoms. The number of halogens is 4. The maximum Gasteiger partial charge on any atom is 0.534 e. The Hall–Kier alpha value is -2.03. The van der Waals surface area contributed by atoms with Crippen molar-refractivity contribution in [2.75, 3.05) is 7.11 Å². The van der Waals surface area contributed by atoms with Gasteiger partial charge in [-0.15, -0.1) is 0 Å². The monoisotopic (exact) mass is 324 g/mol. The van der Waals surface area contributed by atoms with E-state index in [4.69, 9.17) is 4.74 Å². The molecule has 0 bridgehead atoms. The summed E-state index contributed by atoms with van der Waals surface area (Å²) in [6.45, 7) is 0. The summed E-state index contributed by atoms with van der Waals surface area (Å²) in [6.07, 6.45) is 0. The summed E-state index contributed by atoms with van der Waals surface area (Å²) in [4.78, 5) is 0. The highest BCUT2D eigenvalue weighted by molar-refractivity contribution is 7.88. The lowest BCUT2D eigenvalue weighted by Gasteiger charge is -2.11. The molecule has 0 aliphatic rings. The largest absolute Gasteiger partial charge is 0.534 e. The summed E-state index contributed by atoms with van der Waals surface area (Å²) >= 11 is 0. The zero-order valence-electron chi connectivity index (χ0n) is 10.4. The first-order chi connectivity index (χ1) is 9.65. The molecule has 0 aliphatic heterocycles. The Bertz CT molecular complexity index is 784. The number of hydrogen-bond donors (Lipinski definition) is 0. The van der Waals surface area contributed by atoms with E-state index in [2.05, 4.69) is 4.18 Å². The van der Waals surface area contributed by atoms with Gasteiger partial charge in [-0.3, -0.25) is 0 Å². The molecular formula is C12H8F4O4S. The van der Waals surface area contributed by atoms with Crippen LogP contribution in [0.1, 0.15) is 0 Å². The fourth-order valence-corrected chi connectivity index (χ4v) is 2.07. The molecule has 2 rings (SSSR count). The second-order valence-corrected chi connectivity index (χ2v) is 5.49. The maximum absolute atomic E-state index is 14.0. The number of benzene rings is 2. The van der Waals surface area contributed by atoms with Crippen molar-refractivity contribution in [3.05, 3.63) is 36.1 Å². The van der Waals surface area contributed by atoms with Gasteiger partial charge in [-0.25, -0.2) is 4.39 Å². The molecule has 0 saturated heterocycles. The molecule has 0 aromatic heterocycles. The fraction of sp³-hybridized carbons (Fsp3) is 0.167. The van der Waals surface area contributed by atoms with Gasteiger partial charge in [0.05, 0.1) is 7.11 Å². The van der Waals surface area contributed by atoms with Crippen LogP contribution in [-0.4, -0.2) is 21.0 Å². The van der Waals surface area contributed by atoms with E-state index in [1.807, 2.05) is 0 Å². The Kier molecular flexibility index (Phi) is 3.70. The summed E-state index contributed by atoms with van der Waals surface area (Å²) < 4.78 is 81.1. The minimum Gasteiger partial charge on any atom is -0.497 e. The van der Waals surface area contributed by atoms with Crippen LogP contribution in [0.3, 0.4) is 0 Å². The van der Waals surface area contributed by atoms with Gasteiger partial charge in [-0.05, 0) is 29.7 Å². The van der Waals surface area contributed by atoms with Crippen molar-refractivity contribution < 1.29 is 34.9 Å². The van der Waals surface area contributed by atoms with Gasteiger partial charge in [0.15, 0.2) is 11.6 Å². The van der Waals surface area contributed by atoms with Gasteiger partial charge in [0.1, 0.15) is 5.75 Å². The minimum absolute atomic E-state index is 0.0920. The molecular weight excluding hydrogens is 316 g/mol. The van der Waals surface area contributed by atoms with Crippen LogP contribution in [0.2, 0.25) is 0 Å². The van der Waals surface area contributed by atoms with E-state index < -0.39 is 27.2 Å². The van der Waals surface area contributed by atoms with E-state index in [0.29, 0.717) is 11.1 Å². The lowest BCUT2D eigenvalue weighted by molar-refractivity contribution is -0.0500. The molecule has 0 heterocycles. The second kappa shape index (κ2) is 5.06. The number of ether oxygens (including phenoxy) is 1. The molecule has 0 fully saturated rings. The molecule has 0 spiro atoms. The van der Waals surface area contributed by atoms with E-state index in [1.165, 1.54) is 31.4 Å². The molecule has 114 valence electrons. The van der Waals surface area contributed by atoms with Crippen LogP contribution in [0.15, 0.2) is 30.3 Å². The van der Waals surface area contributed by atoms with Gasteiger partial charge in [-0.2, -0.15) is 21.6 Å². The van der Waals surface area contributed by atoms with E-state index >= 15 is 0 Å². The normalized spacial score (nSPS) is 12.4. The zero-order valence-corrected chi connectivity index (χ0v) is 11.3. The standard InChI is InChI=1S/C12H8F4O4S/c1-19-8-3-4-9-7(6-8)2-5-10(11(9)13)20-21(17,18)12(14,15)16/h2-6H,1H3. The molecule has 2 aromatic carbocycles. The Balaban J connectivity index is 2.51. The first-order valence-corrected chi connectivity index (χ1v) is 6.83. The molecule has 0 atom stereocenters. The maximum atomic E-state index is 14.0. The number of methoxy groups -OCH3 is 1. The number of hydrogen-bond acceptors (Lipinski definition) is 4. The third-order valence-electron chi connectivity index (χ3n) is 2.61. The van der Waals surface area contributed by atoms with Crippen LogP contribution in [0.4, 0.5) is 17.6 Å². The highest BCUT2D eigenvalue weighted by atomic mass is 32.2. The summed E-state index contributed by atoms with van der Waals surface area (Å²) in [5, 5.41) is 0.231. The average molecular weight is 324 g/mol. The molecule has 0 saturated carbocycles. The van der Waals surface area contributed by atoms with Crippen LogP contribution < -0.4 is 8.92 Å². The predicted octanol–water partition coefficient (Wildman–Crippen LogP) is 3.22. The number of fused-ring (bicyclic) bond motifs is 1. The van der Waals surface area contributed by atoms with Crippen LogP contribution >= 0.6 is 0 Å². The van der Waals surface area contributed by atoms with E-state index in [9.17, 15) is 26.0 Å². The molecule has 21 heavy (non-hydrogen) atoms. The topological polar surface area (TPSA) is 52.6 Å². The van der Waals surface area contributed by atoms with Crippen molar-refractivity contribution in [2.45, 2.75) is 5.51 Å². The van der Waals surface area contributed by atoms with Crippen LogP contribution in [0.25, 0.3) is 10.8 Å². The summed E-state index contributed by atoms with van der Waals surface area (Å²) in [5.74, 6) is -1.81. The molecule has 4 nitrogen and oxygen atoms in total. The van der Waals surface area contributed by atoms with Gasteiger partial charge in [0, 0.05) is 5.39 Å². The lowest BCUT2D eigenvalue weighted by Crippen LogP contribution is -2.28. The fourth-order valence-electron chi connectivity index (χ4n) is 1.61. The van der Waals surface area contributed by atoms with Crippen molar-refractivity contribution in [3.63, 3.8) is 0 Å². The van der Waals surface area contributed by atoms with Crippen molar-refractivity contribution in [3.8, 4) is 11.5 Å². The molecule has 0 radical (unpaired) electrons. The summed E-state index contributed by atoms with van der Waals surface area (Å²) in [6, 6.07) is 6.10. The van der Waals surface area contributed by atoms with Crippen molar-refractivity contribution in [1.29, 1.82) is 0 Å². The molecule has 2 aromatic rings. The van der Waals surface area contributed by atoms with Gasteiger partial charge < -0.3 is 8.92 Å². The molecule has 0 amide bonds. The molecule has 0 N–H and O–H groups in total. The van der Waals surface area contributed by atoms with Gasteiger partial charge in [-0.1, -0.05) is 6.07 Å². The number of rotatable bonds is 3. The van der Waals surface area contributed by atoms with Crippen molar-refractivity contribution in [2.24, 2.45) is 0 Å². The van der Waals surface area contributed by atoms with Crippen LogP contribution in [0, 0.1) is 5.82 Å². The molecule has 0 aliphatic carbocycles. The third-order valence-corrected chi connectivity index (χ3v) is 3.57. The predicted molar refractivity (Wildman–Crippen MR) is 66.1 cm³/mol. The van der Waals surface area contributed by atoms with Gasteiger partial charge in [0.25, 0.3) is 0 Å². The first kappa shape index (κ1) is 15.4. The quantitative estimate of drug-likeness (QED) is 0.494. The lowest BCUT2D eigenvalue weighted by atomic mass is 10.1. The second-order valence-electron chi connectivity index (χ2n) is 3.95. The third kappa shape index (κ3) is 2.87. The zero-order chi connectivity index (χ0) is 15.8. The van der Waals surface area contributed by atoms with E-state index in [0.717, 1.165) is 6.07 Å². The van der Waals surface area contributed by atoms with Crippen molar-refractivity contribution >= 4 is 20.9 Å². The average Bonchev–Trinajstić information content (AvgIpc) is 2.40. The van der Waals surface area contributed by atoms with Crippen molar-refractivity contribution in [1.82, 2.24) is 0 Å². The van der Waals surface area contributed by atoms with Gasteiger partial charge in [0.2, 0.25) is 0 Å².